The molecule has 0 saturated heterocycles. The Labute approximate surface area is 247 Å². The quantitative estimate of drug-likeness (QED) is 0.0729. The van der Waals surface area contributed by atoms with E-state index < -0.39 is 0 Å². The molecule has 3 nitrogen and oxygen atoms in total. The molecule has 0 heterocycles. The van der Waals surface area contributed by atoms with Crippen molar-refractivity contribution in [3.8, 4) is 0 Å². The van der Waals surface area contributed by atoms with Crippen LogP contribution in [0.2, 0.25) is 0 Å². The van der Waals surface area contributed by atoms with Crippen molar-refractivity contribution in [2.45, 2.75) is 188 Å². The lowest BCUT2D eigenvalue weighted by atomic mass is 10.0. The Hall–Kier alpha value is -0.120. The molecule has 0 unspecified atom stereocenters. The summed E-state index contributed by atoms with van der Waals surface area (Å²) in [5, 5.41) is 0. The summed E-state index contributed by atoms with van der Waals surface area (Å²) in [6, 6.07) is 0. The lowest BCUT2D eigenvalue weighted by Crippen LogP contribution is -2.17. The van der Waals surface area contributed by atoms with Crippen molar-refractivity contribution in [1.82, 2.24) is 0 Å². The molecular weight excluding hydrogens is 480 g/mol. The van der Waals surface area contributed by atoms with Gasteiger partial charge >= 0.3 is 0 Å². The van der Waals surface area contributed by atoms with Gasteiger partial charge in [-0.05, 0) is 32.1 Å². The molecule has 0 aliphatic rings. The second kappa shape index (κ2) is 35.9. The van der Waals surface area contributed by atoms with Crippen LogP contribution in [-0.4, -0.2) is 39.6 Å². The Morgan fingerprint density at radius 3 is 0.949 bits per heavy atom. The van der Waals surface area contributed by atoms with Crippen molar-refractivity contribution < 1.29 is 14.2 Å². The highest BCUT2D eigenvalue weighted by atomic mass is 16.5. The Morgan fingerprint density at radius 1 is 0.308 bits per heavy atom. The summed E-state index contributed by atoms with van der Waals surface area (Å²) in [7, 11) is 0. The molecule has 0 rings (SSSR count). The van der Waals surface area contributed by atoms with Crippen molar-refractivity contribution >= 4 is 0 Å². The lowest BCUT2D eigenvalue weighted by Gasteiger charge is -2.17. The third kappa shape index (κ3) is 34.0. The zero-order valence-corrected chi connectivity index (χ0v) is 27.4. The van der Waals surface area contributed by atoms with E-state index in [-0.39, 0.29) is 0 Å². The molecule has 3 heteroatoms. The predicted molar refractivity (Wildman–Crippen MR) is 173 cm³/mol. The van der Waals surface area contributed by atoms with Crippen molar-refractivity contribution in [3.63, 3.8) is 0 Å². The van der Waals surface area contributed by atoms with Gasteiger partial charge in [0, 0.05) is 32.3 Å². The fraction of sp³-hybridized carbons (Fsp3) is 1.00. The SMILES string of the molecule is CCCCCCCCOCC(CCCCCCCCCCOCCCCCCC)COCCCCCCCC. The molecular formula is C36H74O3. The summed E-state index contributed by atoms with van der Waals surface area (Å²) in [5.74, 6) is 0.580. The molecule has 0 aromatic rings. The van der Waals surface area contributed by atoms with Gasteiger partial charge in [0.2, 0.25) is 0 Å². The Kier molecular flexibility index (Phi) is 35.8. The van der Waals surface area contributed by atoms with Gasteiger partial charge < -0.3 is 14.2 Å². The standard InChI is InChI=1S/C36H74O3/c1-4-7-10-13-21-27-32-38-34-36(35-39-33-28-22-14-11-8-5-2)29-24-19-17-15-16-18-23-26-31-37-30-25-20-12-9-6-3/h36H,4-35H2,1-3H3. The highest BCUT2D eigenvalue weighted by molar-refractivity contribution is 4.60. The van der Waals surface area contributed by atoms with Gasteiger partial charge in [-0.3, -0.25) is 0 Å². The maximum atomic E-state index is 6.11. The van der Waals surface area contributed by atoms with E-state index in [4.69, 9.17) is 14.2 Å². The van der Waals surface area contributed by atoms with Crippen LogP contribution < -0.4 is 0 Å². The third-order valence-electron chi connectivity index (χ3n) is 8.03. The molecule has 0 fully saturated rings. The van der Waals surface area contributed by atoms with Gasteiger partial charge in [0.05, 0.1) is 13.2 Å². The molecule has 0 aromatic carbocycles. The van der Waals surface area contributed by atoms with E-state index in [1.165, 1.54) is 167 Å². The van der Waals surface area contributed by atoms with Crippen LogP contribution >= 0.6 is 0 Å². The van der Waals surface area contributed by atoms with Crippen LogP contribution in [0.4, 0.5) is 0 Å². The smallest absolute Gasteiger partial charge is 0.0516 e. The Bertz CT molecular complexity index is 394. The second-order valence-corrected chi connectivity index (χ2v) is 12.2. The first-order valence-electron chi connectivity index (χ1n) is 18.1. The van der Waals surface area contributed by atoms with Gasteiger partial charge in [-0.2, -0.15) is 0 Å². The van der Waals surface area contributed by atoms with Crippen LogP contribution in [0, 0.1) is 5.92 Å². The van der Waals surface area contributed by atoms with Crippen LogP contribution in [0.3, 0.4) is 0 Å². The summed E-state index contributed by atoms with van der Waals surface area (Å²) in [4.78, 5) is 0. The molecule has 236 valence electrons. The first-order valence-corrected chi connectivity index (χ1v) is 18.1. The molecule has 39 heavy (non-hydrogen) atoms. The van der Waals surface area contributed by atoms with Gasteiger partial charge in [-0.1, -0.05) is 156 Å². The van der Waals surface area contributed by atoms with Crippen molar-refractivity contribution in [3.05, 3.63) is 0 Å². The van der Waals surface area contributed by atoms with Gasteiger partial charge in [0.25, 0.3) is 0 Å². The first kappa shape index (κ1) is 38.9. The monoisotopic (exact) mass is 555 g/mol. The Morgan fingerprint density at radius 2 is 0.590 bits per heavy atom. The van der Waals surface area contributed by atoms with E-state index in [2.05, 4.69) is 20.8 Å². The minimum absolute atomic E-state index is 0.580. The van der Waals surface area contributed by atoms with Crippen LogP contribution in [0.25, 0.3) is 0 Å². The number of ether oxygens (including phenoxy) is 3. The summed E-state index contributed by atoms with van der Waals surface area (Å²) in [5.41, 5.74) is 0. The molecule has 0 radical (unpaired) electrons. The number of rotatable bonds is 35. The van der Waals surface area contributed by atoms with Gasteiger partial charge in [0.15, 0.2) is 0 Å². The number of unbranched alkanes of at least 4 members (excludes halogenated alkanes) is 21. The van der Waals surface area contributed by atoms with Crippen LogP contribution in [0.5, 0.6) is 0 Å². The van der Waals surface area contributed by atoms with E-state index in [1.54, 1.807) is 0 Å². The fourth-order valence-corrected chi connectivity index (χ4v) is 5.29. The molecule has 0 N–H and O–H groups in total. The highest BCUT2D eigenvalue weighted by Gasteiger charge is 2.10. The zero-order valence-electron chi connectivity index (χ0n) is 27.4. The maximum Gasteiger partial charge on any atom is 0.0516 e. The van der Waals surface area contributed by atoms with Gasteiger partial charge in [-0.25, -0.2) is 0 Å². The topological polar surface area (TPSA) is 27.7 Å². The minimum Gasteiger partial charge on any atom is -0.381 e. The molecule has 0 aliphatic carbocycles. The van der Waals surface area contributed by atoms with Gasteiger partial charge in [-0.15, -0.1) is 0 Å². The van der Waals surface area contributed by atoms with E-state index in [9.17, 15) is 0 Å². The molecule has 0 spiro atoms. The molecule has 0 amide bonds. The fourth-order valence-electron chi connectivity index (χ4n) is 5.29. The van der Waals surface area contributed by atoms with Crippen molar-refractivity contribution in [2.24, 2.45) is 5.92 Å². The Balaban J connectivity index is 3.75. The average Bonchev–Trinajstić information content (AvgIpc) is 2.95. The highest BCUT2D eigenvalue weighted by Crippen LogP contribution is 2.16. The second-order valence-electron chi connectivity index (χ2n) is 12.2. The van der Waals surface area contributed by atoms with E-state index in [1.807, 2.05) is 0 Å². The summed E-state index contributed by atoms with van der Waals surface area (Å²) in [6.45, 7) is 12.4. The summed E-state index contributed by atoms with van der Waals surface area (Å²) in [6.07, 6.45) is 34.8. The number of hydrogen-bond acceptors (Lipinski definition) is 3. The van der Waals surface area contributed by atoms with Gasteiger partial charge in [0.1, 0.15) is 0 Å². The summed E-state index contributed by atoms with van der Waals surface area (Å²) >= 11 is 0. The molecule has 0 bridgehead atoms. The third-order valence-corrected chi connectivity index (χ3v) is 8.03. The van der Waals surface area contributed by atoms with Crippen molar-refractivity contribution in [2.75, 3.05) is 39.6 Å². The molecule has 0 aromatic heterocycles. The van der Waals surface area contributed by atoms with E-state index in [0.717, 1.165) is 39.6 Å². The lowest BCUT2D eigenvalue weighted by molar-refractivity contribution is 0.0327. The molecule has 0 saturated carbocycles. The van der Waals surface area contributed by atoms with Crippen LogP contribution in [0.15, 0.2) is 0 Å². The van der Waals surface area contributed by atoms with Crippen LogP contribution in [-0.2, 0) is 14.2 Å². The minimum atomic E-state index is 0.580. The molecule has 0 aliphatic heterocycles. The molecule has 0 atom stereocenters. The zero-order chi connectivity index (χ0) is 28.3. The van der Waals surface area contributed by atoms with E-state index >= 15 is 0 Å². The van der Waals surface area contributed by atoms with E-state index in [0.29, 0.717) is 5.92 Å². The first-order chi connectivity index (χ1) is 19.3. The normalized spacial score (nSPS) is 11.7. The predicted octanol–water partition coefficient (Wildman–Crippen LogP) is 11.9. The number of hydrogen-bond donors (Lipinski definition) is 0. The maximum absolute atomic E-state index is 6.11. The van der Waals surface area contributed by atoms with Crippen molar-refractivity contribution in [1.29, 1.82) is 0 Å². The van der Waals surface area contributed by atoms with Crippen LogP contribution in [0.1, 0.15) is 188 Å². The average molecular weight is 555 g/mol. The summed E-state index contributed by atoms with van der Waals surface area (Å²) < 4.78 is 18.0. The largest absolute Gasteiger partial charge is 0.381 e.